The Bertz CT molecular complexity index is 836. The number of thioether (sulfide) groups is 1. The Labute approximate surface area is 182 Å². The summed E-state index contributed by atoms with van der Waals surface area (Å²) in [5.41, 5.74) is 2.36. The second kappa shape index (κ2) is 9.52. The third kappa shape index (κ3) is 5.34. The number of anilines is 1. The van der Waals surface area contributed by atoms with E-state index >= 15 is 0 Å². The summed E-state index contributed by atoms with van der Waals surface area (Å²) in [6, 6.07) is 16.4. The number of carbonyl (C=O) groups excluding carboxylic acids is 1. The first-order valence-electron chi connectivity index (χ1n) is 10.3. The van der Waals surface area contributed by atoms with Gasteiger partial charge < -0.3 is 4.90 Å². The number of nitrogens with zero attached hydrogens (tertiary/aromatic N) is 3. The Morgan fingerprint density at radius 3 is 2.45 bits per heavy atom. The molecule has 0 aliphatic carbocycles. The number of fused-ring (bicyclic) bond motifs is 1. The van der Waals surface area contributed by atoms with Crippen LogP contribution in [0.3, 0.4) is 0 Å². The highest BCUT2D eigenvalue weighted by atomic mass is 35.5. The molecule has 2 aromatic rings. The van der Waals surface area contributed by atoms with Gasteiger partial charge in [0.25, 0.3) is 0 Å². The fourth-order valence-electron chi connectivity index (χ4n) is 3.98. The van der Waals surface area contributed by atoms with Crippen LogP contribution in [0.1, 0.15) is 18.9 Å². The van der Waals surface area contributed by atoms with Crippen LogP contribution in [-0.2, 0) is 11.3 Å². The van der Waals surface area contributed by atoms with E-state index in [-0.39, 0.29) is 5.91 Å². The molecule has 1 atom stereocenters. The average Bonchev–Trinajstić information content (AvgIpc) is 2.89. The van der Waals surface area contributed by atoms with Crippen LogP contribution in [0.5, 0.6) is 0 Å². The second-order valence-electron chi connectivity index (χ2n) is 7.91. The van der Waals surface area contributed by atoms with E-state index in [9.17, 15) is 4.79 Å². The Morgan fingerprint density at radius 1 is 1.00 bits per heavy atom. The minimum Gasteiger partial charge on any atom is -0.310 e. The minimum absolute atomic E-state index is 0.221. The normalized spacial score (nSPS) is 20.9. The highest BCUT2D eigenvalue weighted by Gasteiger charge is 2.26. The van der Waals surface area contributed by atoms with Gasteiger partial charge in [-0.05, 0) is 36.2 Å². The van der Waals surface area contributed by atoms with Crippen LogP contribution in [0.15, 0.2) is 53.4 Å². The molecule has 1 saturated heterocycles. The molecule has 0 saturated carbocycles. The number of piperazine rings is 1. The van der Waals surface area contributed by atoms with Crippen molar-refractivity contribution in [2.75, 3.05) is 44.2 Å². The molecule has 29 heavy (non-hydrogen) atoms. The zero-order valence-electron chi connectivity index (χ0n) is 16.9. The maximum atomic E-state index is 13.1. The lowest BCUT2D eigenvalue weighted by Gasteiger charge is -2.35. The van der Waals surface area contributed by atoms with Crippen molar-refractivity contribution >= 4 is 35.0 Å². The van der Waals surface area contributed by atoms with Crippen LogP contribution < -0.4 is 4.90 Å². The largest absolute Gasteiger partial charge is 0.310 e. The van der Waals surface area contributed by atoms with Crippen LogP contribution in [0.4, 0.5) is 5.69 Å². The maximum absolute atomic E-state index is 13.1. The van der Waals surface area contributed by atoms with Crippen LogP contribution in [0.25, 0.3) is 0 Å². The third-order valence-electron chi connectivity index (χ3n) is 5.69. The molecule has 0 aromatic heterocycles. The number of hydrogen-bond donors (Lipinski definition) is 0. The zero-order valence-corrected chi connectivity index (χ0v) is 18.5. The fraction of sp³-hybridized carbons (Fsp3) is 0.435. The van der Waals surface area contributed by atoms with E-state index in [1.165, 1.54) is 10.5 Å². The number of rotatable bonds is 4. The molecule has 0 bridgehead atoms. The molecule has 2 aliphatic rings. The number of halogens is 1. The van der Waals surface area contributed by atoms with Crippen molar-refractivity contribution in [1.29, 1.82) is 0 Å². The summed E-state index contributed by atoms with van der Waals surface area (Å²) in [6.45, 7) is 8.32. The average molecular weight is 430 g/mol. The van der Waals surface area contributed by atoms with Crippen molar-refractivity contribution in [1.82, 2.24) is 9.80 Å². The predicted molar refractivity (Wildman–Crippen MR) is 122 cm³/mol. The molecule has 6 heteroatoms. The highest BCUT2D eigenvalue weighted by molar-refractivity contribution is 8.00. The van der Waals surface area contributed by atoms with Crippen molar-refractivity contribution in [2.45, 2.75) is 30.0 Å². The van der Waals surface area contributed by atoms with Crippen molar-refractivity contribution < 1.29 is 4.79 Å². The van der Waals surface area contributed by atoms with Gasteiger partial charge in [0, 0.05) is 54.4 Å². The Balaban J connectivity index is 1.32. The molecule has 2 aliphatic heterocycles. The first-order valence-corrected chi connectivity index (χ1v) is 11.6. The lowest BCUT2D eigenvalue weighted by atomic mass is 10.2. The van der Waals surface area contributed by atoms with Crippen molar-refractivity contribution in [3.05, 3.63) is 59.1 Å². The molecule has 1 unspecified atom stereocenters. The van der Waals surface area contributed by atoms with Crippen molar-refractivity contribution in [2.24, 2.45) is 0 Å². The van der Waals surface area contributed by atoms with E-state index in [1.807, 2.05) is 34.9 Å². The molecule has 154 valence electrons. The summed E-state index contributed by atoms with van der Waals surface area (Å²) in [4.78, 5) is 21.1. The summed E-state index contributed by atoms with van der Waals surface area (Å²) in [5.74, 6) is 0.221. The SMILES string of the molecule is CC1CCN(C(=O)CN2CCN(Cc3ccc(Cl)cc3)CC2)c2ccccc2S1. The molecule has 2 aromatic carbocycles. The Morgan fingerprint density at radius 2 is 1.69 bits per heavy atom. The first-order chi connectivity index (χ1) is 14.1. The van der Waals surface area contributed by atoms with Crippen LogP contribution in [0, 0.1) is 0 Å². The molecule has 0 spiro atoms. The molecule has 1 amide bonds. The minimum atomic E-state index is 0.221. The third-order valence-corrected chi connectivity index (χ3v) is 7.18. The standard InChI is InChI=1S/C23H28ClN3OS/c1-18-10-11-27(21-4-2-3-5-22(21)29-18)23(28)17-26-14-12-25(13-15-26)16-19-6-8-20(24)9-7-19/h2-9,18H,10-17H2,1H3. The monoisotopic (exact) mass is 429 g/mol. The predicted octanol–water partition coefficient (Wildman–Crippen LogP) is 4.38. The molecule has 2 heterocycles. The lowest BCUT2D eigenvalue weighted by molar-refractivity contribution is -0.120. The van der Waals surface area contributed by atoms with E-state index in [2.05, 4.69) is 47.1 Å². The van der Waals surface area contributed by atoms with E-state index in [0.717, 1.165) is 56.4 Å². The van der Waals surface area contributed by atoms with Gasteiger partial charge in [-0.2, -0.15) is 0 Å². The van der Waals surface area contributed by atoms with Gasteiger partial charge >= 0.3 is 0 Å². The maximum Gasteiger partial charge on any atom is 0.241 e. The van der Waals surface area contributed by atoms with Gasteiger partial charge in [0.05, 0.1) is 12.2 Å². The molecule has 4 rings (SSSR count). The van der Waals surface area contributed by atoms with Gasteiger partial charge in [-0.15, -0.1) is 11.8 Å². The molecular formula is C23H28ClN3OS. The van der Waals surface area contributed by atoms with Gasteiger partial charge in [0.1, 0.15) is 0 Å². The van der Waals surface area contributed by atoms with Crippen LogP contribution >= 0.6 is 23.4 Å². The van der Waals surface area contributed by atoms with Gasteiger partial charge in [0.15, 0.2) is 0 Å². The summed E-state index contributed by atoms with van der Waals surface area (Å²) in [6.07, 6.45) is 1.03. The summed E-state index contributed by atoms with van der Waals surface area (Å²) in [7, 11) is 0. The molecule has 4 nitrogen and oxygen atoms in total. The van der Waals surface area contributed by atoms with Gasteiger partial charge in [0.2, 0.25) is 5.91 Å². The van der Waals surface area contributed by atoms with E-state index in [1.54, 1.807) is 0 Å². The molecule has 0 radical (unpaired) electrons. The van der Waals surface area contributed by atoms with Crippen molar-refractivity contribution in [3.63, 3.8) is 0 Å². The molecule has 1 fully saturated rings. The van der Waals surface area contributed by atoms with Gasteiger partial charge in [-0.25, -0.2) is 0 Å². The van der Waals surface area contributed by atoms with Crippen LogP contribution in [-0.4, -0.2) is 60.2 Å². The Hall–Kier alpha value is -1.53. The van der Waals surface area contributed by atoms with Crippen molar-refractivity contribution in [3.8, 4) is 0 Å². The van der Waals surface area contributed by atoms with E-state index in [0.29, 0.717) is 11.8 Å². The summed E-state index contributed by atoms with van der Waals surface area (Å²) in [5, 5.41) is 1.31. The van der Waals surface area contributed by atoms with E-state index in [4.69, 9.17) is 11.6 Å². The number of amides is 1. The summed E-state index contributed by atoms with van der Waals surface area (Å²) >= 11 is 7.86. The highest BCUT2D eigenvalue weighted by Crippen LogP contribution is 2.37. The number of benzene rings is 2. The second-order valence-corrected chi connectivity index (χ2v) is 9.83. The van der Waals surface area contributed by atoms with Crippen LogP contribution in [0.2, 0.25) is 5.02 Å². The Kier molecular flexibility index (Phi) is 6.81. The smallest absolute Gasteiger partial charge is 0.241 e. The van der Waals surface area contributed by atoms with E-state index < -0.39 is 0 Å². The quantitative estimate of drug-likeness (QED) is 0.720. The van der Waals surface area contributed by atoms with Gasteiger partial charge in [-0.1, -0.05) is 42.8 Å². The number of carbonyl (C=O) groups is 1. The molecule has 0 N–H and O–H groups in total. The fourth-order valence-corrected chi connectivity index (χ4v) is 5.21. The lowest BCUT2D eigenvalue weighted by Crippen LogP contribution is -2.50. The topological polar surface area (TPSA) is 26.8 Å². The number of para-hydroxylation sites is 1. The van der Waals surface area contributed by atoms with Gasteiger partial charge in [-0.3, -0.25) is 14.6 Å². The number of hydrogen-bond acceptors (Lipinski definition) is 4. The first kappa shape index (κ1) is 20.7. The zero-order chi connectivity index (χ0) is 20.2. The molecular weight excluding hydrogens is 402 g/mol. The summed E-state index contributed by atoms with van der Waals surface area (Å²) < 4.78 is 0.